The van der Waals surface area contributed by atoms with Gasteiger partial charge in [-0.1, -0.05) is 56.2 Å². The van der Waals surface area contributed by atoms with Crippen LogP contribution in [-0.4, -0.2) is 69.6 Å². The Morgan fingerprint density at radius 2 is 1.09 bits per heavy atom. The normalized spacial score (nSPS) is 12.5. The molecule has 2 heterocycles. The molecule has 0 aliphatic heterocycles. The number of amides is 6. The first kappa shape index (κ1) is 52.3. The molecule has 5 rings (SSSR count). The molecule has 0 unspecified atom stereocenters. The summed E-state index contributed by atoms with van der Waals surface area (Å²) in [5.41, 5.74) is 2.94. The van der Waals surface area contributed by atoms with E-state index < -0.39 is 77.0 Å². The van der Waals surface area contributed by atoms with Crippen LogP contribution < -0.4 is 31.9 Å². The molecule has 6 amide bonds. The maximum Gasteiger partial charge on any atom is 0.248 e. The summed E-state index contributed by atoms with van der Waals surface area (Å²) in [6, 6.07) is 18.7. The summed E-state index contributed by atoms with van der Waals surface area (Å²) in [4.78, 5) is 83.1. The molecule has 14 nitrogen and oxygen atoms in total. The molecule has 18 heteroatoms. The smallest absolute Gasteiger partial charge is 0.248 e. The van der Waals surface area contributed by atoms with E-state index in [4.69, 9.17) is 0 Å². The van der Waals surface area contributed by atoms with Gasteiger partial charge < -0.3 is 26.6 Å². The Labute approximate surface area is 386 Å². The zero-order chi connectivity index (χ0) is 48.7. The molecule has 0 radical (unpaired) electrons. The Balaban J connectivity index is 0.000000294. The third kappa shape index (κ3) is 19.3. The molecule has 67 heavy (non-hydrogen) atoms. The lowest BCUT2D eigenvalue weighted by atomic mass is 10.0. The third-order valence-corrected chi connectivity index (χ3v) is 9.93. The van der Waals surface area contributed by atoms with E-state index in [0.717, 1.165) is 53.8 Å². The largest absolute Gasteiger partial charge is 0.350 e. The Hall–Kier alpha value is -7.34. The van der Waals surface area contributed by atoms with Crippen LogP contribution in [0.15, 0.2) is 116 Å². The van der Waals surface area contributed by atoms with Crippen molar-refractivity contribution >= 4 is 35.4 Å². The van der Waals surface area contributed by atoms with Crippen LogP contribution in [0.4, 0.5) is 17.6 Å². The van der Waals surface area contributed by atoms with Gasteiger partial charge in [-0.05, 0) is 97.0 Å². The van der Waals surface area contributed by atoms with E-state index in [1.165, 1.54) is 13.8 Å². The molecule has 0 saturated heterocycles. The standard InChI is InChI=1S/C26H26F2N4O3.C23H28F2N4O3/c1-17(31-24(33)13-20-10-21(27)14-22(28)11-20)25(34)32-26(35)23(12-18-6-3-2-4-7-18)30-16-19-8-5-9-29-15-19;1-3-4-5-20(23(32)27-14-16-6-8-26-9-7-16)29-22(31)15(2)28-21(30)12-17-10-18(24)13-19(25)11-17/h2-11,14-15,17,23,30H,12-13,16H2,1H3,(H,31,33)(H,32,34,35);6-11,13,15,20H,3-5,12,14H2,1-2H3,(H,27,32)(H,28,30)(H,29,31)/t17-,23-;15-,20-/m00/s1. The summed E-state index contributed by atoms with van der Waals surface area (Å²) in [6.45, 7) is 5.54. The highest BCUT2D eigenvalue weighted by atomic mass is 19.1. The van der Waals surface area contributed by atoms with Gasteiger partial charge in [0.1, 0.15) is 41.4 Å². The molecule has 5 aromatic rings. The van der Waals surface area contributed by atoms with Crippen LogP contribution in [0.2, 0.25) is 0 Å². The number of hydrogen-bond acceptors (Lipinski definition) is 9. The summed E-state index contributed by atoms with van der Waals surface area (Å²) in [5.74, 6) is -6.43. The summed E-state index contributed by atoms with van der Waals surface area (Å²) in [6.07, 6.45) is 8.36. The minimum atomic E-state index is -1.04. The van der Waals surface area contributed by atoms with Crippen molar-refractivity contribution in [2.45, 2.75) is 96.6 Å². The number of nitrogens with zero attached hydrogens (tertiary/aromatic N) is 2. The van der Waals surface area contributed by atoms with Crippen molar-refractivity contribution in [2.75, 3.05) is 0 Å². The molecule has 0 fully saturated rings. The van der Waals surface area contributed by atoms with Crippen LogP contribution in [-0.2, 0) is 61.1 Å². The van der Waals surface area contributed by atoms with Crippen LogP contribution in [0.25, 0.3) is 0 Å². The van der Waals surface area contributed by atoms with Gasteiger partial charge in [-0.15, -0.1) is 0 Å². The lowest BCUT2D eigenvalue weighted by Gasteiger charge is -2.21. The van der Waals surface area contributed by atoms with Gasteiger partial charge in [0.2, 0.25) is 35.4 Å². The first-order chi connectivity index (χ1) is 32.1. The van der Waals surface area contributed by atoms with E-state index in [1.54, 1.807) is 43.0 Å². The lowest BCUT2D eigenvalue weighted by molar-refractivity contribution is -0.134. The molecule has 3 aromatic carbocycles. The Bertz CT molecular complexity index is 2380. The minimum absolute atomic E-state index is 0.131. The number of rotatable bonds is 21. The first-order valence-corrected chi connectivity index (χ1v) is 21.5. The fourth-order valence-corrected chi connectivity index (χ4v) is 6.47. The number of carbonyl (C=O) groups is 6. The van der Waals surface area contributed by atoms with Crippen LogP contribution in [0, 0.1) is 23.3 Å². The van der Waals surface area contributed by atoms with Gasteiger partial charge in [0.25, 0.3) is 0 Å². The van der Waals surface area contributed by atoms with Crippen molar-refractivity contribution < 1.29 is 46.3 Å². The van der Waals surface area contributed by atoms with E-state index in [0.29, 0.717) is 38.1 Å². The van der Waals surface area contributed by atoms with Gasteiger partial charge >= 0.3 is 0 Å². The maximum atomic E-state index is 13.3. The molecule has 0 aliphatic carbocycles. The number of imide groups is 1. The van der Waals surface area contributed by atoms with Gasteiger partial charge in [-0.25, -0.2) is 17.6 Å². The molecule has 0 saturated carbocycles. The Kier molecular flexibility index (Phi) is 21.2. The molecule has 0 spiro atoms. The zero-order valence-corrected chi connectivity index (χ0v) is 37.3. The van der Waals surface area contributed by atoms with E-state index in [-0.39, 0.29) is 29.9 Å². The molecule has 2 aromatic heterocycles. The number of benzene rings is 3. The van der Waals surface area contributed by atoms with Crippen LogP contribution in [0.1, 0.15) is 67.9 Å². The van der Waals surface area contributed by atoms with Crippen molar-refractivity contribution in [2.24, 2.45) is 0 Å². The molecule has 6 N–H and O–H groups in total. The van der Waals surface area contributed by atoms with Crippen molar-refractivity contribution in [3.8, 4) is 0 Å². The molecule has 4 atom stereocenters. The highest BCUT2D eigenvalue weighted by Gasteiger charge is 2.26. The molecular formula is C49H54F4N8O6. The van der Waals surface area contributed by atoms with E-state index in [2.05, 4.69) is 41.9 Å². The van der Waals surface area contributed by atoms with Gasteiger partial charge in [0.15, 0.2) is 0 Å². The number of pyridine rings is 2. The quantitative estimate of drug-likeness (QED) is 0.0557. The average Bonchev–Trinajstić information content (AvgIpc) is 3.28. The highest BCUT2D eigenvalue weighted by Crippen LogP contribution is 2.11. The zero-order valence-electron chi connectivity index (χ0n) is 37.3. The second-order valence-corrected chi connectivity index (χ2v) is 15.6. The topological polar surface area (TPSA) is 200 Å². The number of unbranched alkanes of at least 4 members (excludes halogenated alkanes) is 1. The molecule has 0 bridgehead atoms. The number of carbonyl (C=O) groups excluding carboxylic acids is 6. The second kappa shape index (κ2) is 27.2. The van der Waals surface area contributed by atoms with Gasteiger partial charge in [-0.2, -0.15) is 0 Å². The van der Waals surface area contributed by atoms with Crippen molar-refractivity contribution in [1.29, 1.82) is 0 Å². The third-order valence-electron chi connectivity index (χ3n) is 9.93. The Morgan fingerprint density at radius 1 is 0.537 bits per heavy atom. The van der Waals surface area contributed by atoms with Crippen molar-refractivity contribution in [1.82, 2.24) is 41.9 Å². The molecular weight excluding hydrogens is 873 g/mol. The second-order valence-electron chi connectivity index (χ2n) is 15.6. The van der Waals surface area contributed by atoms with Gasteiger partial charge in [0, 0.05) is 50.0 Å². The number of nitrogens with one attached hydrogen (secondary N) is 6. The molecule has 354 valence electrons. The molecule has 0 aliphatic rings. The van der Waals surface area contributed by atoms with Crippen LogP contribution >= 0.6 is 0 Å². The fraction of sp³-hybridized carbons (Fsp3) is 0.306. The van der Waals surface area contributed by atoms with Crippen molar-refractivity contribution in [3.63, 3.8) is 0 Å². The summed E-state index contributed by atoms with van der Waals surface area (Å²) < 4.78 is 53.2. The maximum absolute atomic E-state index is 13.3. The summed E-state index contributed by atoms with van der Waals surface area (Å²) in [7, 11) is 0. The first-order valence-electron chi connectivity index (χ1n) is 21.5. The van der Waals surface area contributed by atoms with E-state index in [9.17, 15) is 46.3 Å². The van der Waals surface area contributed by atoms with E-state index >= 15 is 0 Å². The van der Waals surface area contributed by atoms with Crippen LogP contribution in [0.5, 0.6) is 0 Å². The fourth-order valence-electron chi connectivity index (χ4n) is 6.47. The number of halogens is 4. The van der Waals surface area contributed by atoms with Gasteiger partial charge in [-0.3, -0.25) is 44.1 Å². The SMILES string of the molecule is CCCC[C@H](NC(=O)[C@H](C)NC(=O)Cc1cc(F)cc(F)c1)C(=O)NCc1ccncc1.C[C@H](NC(=O)Cc1cc(F)cc(F)c1)C(=O)NC(=O)[C@H](Cc1ccccc1)NCc1cccnc1. The van der Waals surface area contributed by atoms with Crippen molar-refractivity contribution in [3.05, 3.63) is 167 Å². The summed E-state index contributed by atoms with van der Waals surface area (Å²) >= 11 is 0. The van der Waals surface area contributed by atoms with Crippen LogP contribution in [0.3, 0.4) is 0 Å². The predicted molar refractivity (Wildman–Crippen MR) is 241 cm³/mol. The Morgan fingerprint density at radius 3 is 1.63 bits per heavy atom. The summed E-state index contributed by atoms with van der Waals surface area (Å²) in [5, 5.41) is 15.9. The highest BCUT2D eigenvalue weighted by molar-refractivity contribution is 6.01. The monoisotopic (exact) mass is 926 g/mol. The number of aromatic nitrogens is 2. The minimum Gasteiger partial charge on any atom is -0.350 e. The lowest BCUT2D eigenvalue weighted by Crippen LogP contribution is -2.52. The average molecular weight is 927 g/mol. The van der Waals surface area contributed by atoms with E-state index in [1.807, 2.05) is 43.3 Å². The number of hydrogen-bond donors (Lipinski definition) is 6. The van der Waals surface area contributed by atoms with Gasteiger partial charge in [0.05, 0.1) is 18.9 Å². The predicted octanol–water partition coefficient (Wildman–Crippen LogP) is 4.85.